The van der Waals surface area contributed by atoms with Gasteiger partial charge in [-0.2, -0.15) is 18.4 Å². The van der Waals surface area contributed by atoms with Crippen molar-refractivity contribution in [1.29, 1.82) is 5.26 Å². The van der Waals surface area contributed by atoms with Gasteiger partial charge in [-0.05, 0) is 25.0 Å². The van der Waals surface area contributed by atoms with Crippen LogP contribution in [0.25, 0.3) is 0 Å². The summed E-state index contributed by atoms with van der Waals surface area (Å²) in [6, 6.07) is 3.63. The van der Waals surface area contributed by atoms with E-state index in [0.717, 1.165) is 16.9 Å². The van der Waals surface area contributed by atoms with Crippen molar-refractivity contribution in [2.45, 2.75) is 26.4 Å². The Morgan fingerprint density at radius 3 is 2.53 bits per heavy atom. The van der Waals surface area contributed by atoms with E-state index < -0.39 is 12.7 Å². The minimum absolute atomic E-state index is 0.338. The summed E-state index contributed by atoms with van der Waals surface area (Å²) in [6.45, 7) is 2.93. The Labute approximate surface area is 102 Å². The predicted molar refractivity (Wildman–Crippen MR) is 62.3 cm³/mol. The second-order valence-corrected chi connectivity index (χ2v) is 4.78. The van der Waals surface area contributed by atoms with Crippen molar-refractivity contribution in [2.24, 2.45) is 0 Å². The number of thiophene rings is 1. The Morgan fingerprint density at radius 2 is 2.12 bits per heavy atom. The number of halogens is 3. The quantitative estimate of drug-likeness (QED) is 0.827. The molecule has 0 aliphatic heterocycles. The number of aryl methyl sites for hydroxylation is 1. The molecule has 0 aromatic carbocycles. The van der Waals surface area contributed by atoms with Gasteiger partial charge in [0.05, 0.1) is 5.00 Å². The Hall–Kier alpha value is -1.22. The molecule has 1 aromatic rings. The summed E-state index contributed by atoms with van der Waals surface area (Å²) in [4.78, 5) is 1.75. The van der Waals surface area contributed by atoms with Gasteiger partial charge in [0.2, 0.25) is 0 Å². The summed E-state index contributed by atoms with van der Waals surface area (Å²) in [5, 5.41) is 9.31. The van der Waals surface area contributed by atoms with Gasteiger partial charge in [-0.25, -0.2) is 0 Å². The Morgan fingerprint density at radius 1 is 1.47 bits per heavy atom. The molecule has 0 fully saturated rings. The second kappa shape index (κ2) is 5.41. The Kier molecular flexibility index (Phi) is 4.40. The molecule has 0 spiro atoms. The lowest BCUT2D eigenvalue weighted by atomic mass is 10.3. The van der Waals surface area contributed by atoms with Gasteiger partial charge < -0.3 is 4.90 Å². The number of nitrogens with zero attached hydrogens (tertiary/aromatic N) is 2. The topological polar surface area (TPSA) is 27.0 Å². The van der Waals surface area contributed by atoms with E-state index in [2.05, 4.69) is 0 Å². The van der Waals surface area contributed by atoms with Gasteiger partial charge in [0.1, 0.15) is 17.5 Å². The lowest BCUT2D eigenvalue weighted by Crippen LogP contribution is -2.34. The van der Waals surface area contributed by atoms with Gasteiger partial charge in [-0.3, -0.25) is 0 Å². The number of anilines is 1. The highest BCUT2D eigenvalue weighted by Gasteiger charge is 2.31. The Balaban J connectivity index is 2.94. The number of hydrogen-bond donors (Lipinski definition) is 0. The number of alkyl halides is 3. The number of hydrogen-bond acceptors (Lipinski definition) is 3. The van der Waals surface area contributed by atoms with E-state index in [9.17, 15) is 13.2 Å². The first-order valence-electron chi connectivity index (χ1n) is 5.19. The van der Waals surface area contributed by atoms with Crippen LogP contribution in [-0.2, 0) is 0 Å². The lowest BCUT2D eigenvalue weighted by molar-refractivity contribution is -0.119. The van der Waals surface area contributed by atoms with E-state index in [1.54, 1.807) is 13.0 Å². The van der Waals surface area contributed by atoms with Crippen LogP contribution in [0.5, 0.6) is 0 Å². The minimum Gasteiger partial charge on any atom is -0.354 e. The zero-order valence-electron chi connectivity index (χ0n) is 9.64. The van der Waals surface area contributed by atoms with Crippen molar-refractivity contribution in [3.8, 4) is 6.07 Å². The van der Waals surface area contributed by atoms with Crippen molar-refractivity contribution in [1.82, 2.24) is 0 Å². The van der Waals surface area contributed by atoms with Gasteiger partial charge in [-0.1, -0.05) is 6.92 Å². The molecule has 17 heavy (non-hydrogen) atoms. The highest BCUT2D eigenvalue weighted by Crippen LogP contribution is 2.31. The van der Waals surface area contributed by atoms with Gasteiger partial charge in [0.25, 0.3) is 0 Å². The summed E-state index contributed by atoms with van der Waals surface area (Å²) in [7, 11) is 0. The molecular formula is C11H13F3N2S. The SMILES string of the molecule is CCCN(CC(F)(F)F)c1cc(C)c(C#N)s1. The fourth-order valence-corrected chi connectivity index (χ4v) is 2.48. The molecule has 0 atom stereocenters. The van der Waals surface area contributed by atoms with Crippen LogP contribution in [0.1, 0.15) is 23.8 Å². The third-order valence-electron chi connectivity index (χ3n) is 2.18. The van der Waals surface area contributed by atoms with Crippen molar-refractivity contribution >= 4 is 16.3 Å². The van der Waals surface area contributed by atoms with E-state index in [-0.39, 0.29) is 0 Å². The summed E-state index contributed by atoms with van der Waals surface area (Å²) >= 11 is 1.11. The van der Waals surface area contributed by atoms with Gasteiger partial charge >= 0.3 is 6.18 Å². The minimum atomic E-state index is -4.22. The molecule has 0 bridgehead atoms. The number of rotatable bonds is 4. The highest BCUT2D eigenvalue weighted by atomic mass is 32.1. The molecule has 0 amide bonds. The van der Waals surface area contributed by atoms with E-state index >= 15 is 0 Å². The first-order valence-corrected chi connectivity index (χ1v) is 6.01. The van der Waals surface area contributed by atoms with E-state index in [4.69, 9.17) is 5.26 Å². The second-order valence-electron chi connectivity index (χ2n) is 3.75. The molecule has 94 valence electrons. The molecule has 6 heteroatoms. The zero-order valence-corrected chi connectivity index (χ0v) is 10.5. The average Bonchev–Trinajstić information content (AvgIpc) is 2.57. The van der Waals surface area contributed by atoms with Crippen molar-refractivity contribution < 1.29 is 13.2 Å². The zero-order chi connectivity index (χ0) is 13.1. The number of nitriles is 1. The molecule has 0 aliphatic carbocycles. The van der Waals surface area contributed by atoms with E-state index in [0.29, 0.717) is 22.8 Å². The normalized spacial score (nSPS) is 11.3. The fraction of sp³-hybridized carbons (Fsp3) is 0.545. The van der Waals surface area contributed by atoms with Crippen LogP contribution < -0.4 is 4.90 Å². The Bertz CT molecular complexity index is 417. The van der Waals surface area contributed by atoms with Crippen LogP contribution in [0.15, 0.2) is 6.07 Å². The van der Waals surface area contributed by atoms with Crippen LogP contribution in [0.2, 0.25) is 0 Å². The van der Waals surface area contributed by atoms with Gasteiger partial charge in [0, 0.05) is 6.54 Å². The molecule has 0 radical (unpaired) electrons. The monoisotopic (exact) mass is 262 g/mol. The molecule has 1 heterocycles. The summed E-state index contributed by atoms with van der Waals surface area (Å²) in [5.74, 6) is 0. The van der Waals surface area contributed by atoms with Crippen LogP contribution in [0.3, 0.4) is 0 Å². The maximum Gasteiger partial charge on any atom is 0.405 e. The maximum atomic E-state index is 12.4. The third-order valence-corrected chi connectivity index (χ3v) is 3.38. The predicted octanol–water partition coefficient (Wildman–Crippen LogP) is 3.71. The molecule has 0 aliphatic rings. The molecule has 0 saturated carbocycles. The van der Waals surface area contributed by atoms with E-state index in [1.807, 2.05) is 13.0 Å². The summed E-state index contributed by atoms with van der Waals surface area (Å²) in [6.07, 6.45) is -3.59. The van der Waals surface area contributed by atoms with Crippen molar-refractivity contribution in [3.63, 3.8) is 0 Å². The third kappa shape index (κ3) is 3.93. The maximum absolute atomic E-state index is 12.4. The summed E-state index contributed by atoms with van der Waals surface area (Å²) in [5.41, 5.74) is 0.732. The molecule has 0 saturated heterocycles. The van der Waals surface area contributed by atoms with Crippen LogP contribution in [0.4, 0.5) is 18.2 Å². The van der Waals surface area contributed by atoms with E-state index in [1.165, 1.54) is 4.90 Å². The molecule has 1 rings (SSSR count). The van der Waals surface area contributed by atoms with Crippen LogP contribution in [0, 0.1) is 18.3 Å². The van der Waals surface area contributed by atoms with Crippen molar-refractivity contribution in [3.05, 3.63) is 16.5 Å². The molecule has 1 aromatic heterocycles. The molecule has 0 N–H and O–H groups in total. The highest BCUT2D eigenvalue weighted by molar-refractivity contribution is 7.16. The van der Waals surface area contributed by atoms with Crippen LogP contribution in [-0.4, -0.2) is 19.3 Å². The molecular weight excluding hydrogens is 249 g/mol. The smallest absolute Gasteiger partial charge is 0.354 e. The summed E-state index contributed by atoms with van der Waals surface area (Å²) < 4.78 is 37.2. The first kappa shape index (κ1) is 13.8. The van der Waals surface area contributed by atoms with Gasteiger partial charge in [-0.15, -0.1) is 11.3 Å². The van der Waals surface area contributed by atoms with Crippen LogP contribution >= 0.6 is 11.3 Å². The van der Waals surface area contributed by atoms with Crippen molar-refractivity contribution in [2.75, 3.05) is 18.0 Å². The molecule has 2 nitrogen and oxygen atoms in total. The lowest BCUT2D eigenvalue weighted by Gasteiger charge is -2.23. The largest absolute Gasteiger partial charge is 0.405 e. The average molecular weight is 262 g/mol. The van der Waals surface area contributed by atoms with Gasteiger partial charge in [0.15, 0.2) is 0 Å². The fourth-order valence-electron chi connectivity index (χ4n) is 1.49. The molecule has 0 unspecified atom stereocenters. The standard InChI is InChI=1S/C11H13F3N2S/c1-3-4-16(7-11(12,13)14)10-5-8(2)9(6-15)17-10/h5H,3-4,7H2,1-2H3. The first-order chi connectivity index (χ1) is 7.87.